The van der Waals surface area contributed by atoms with E-state index < -0.39 is 0 Å². The Balaban J connectivity index is 1.19. The van der Waals surface area contributed by atoms with Gasteiger partial charge in [-0.1, -0.05) is 84.9 Å². The van der Waals surface area contributed by atoms with Crippen molar-refractivity contribution in [1.82, 2.24) is 0 Å². The maximum atomic E-state index is 6.30. The summed E-state index contributed by atoms with van der Waals surface area (Å²) in [5.74, 6) is 0.838. The molecule has 0 unspecified atom stereocenters. The van der Waals surface area contributed by atoms with Crippen LogP contribution in [0, 0.1) is 0 Å². The average Bonchev–Trinajstić information content (AvgIpc) is 3.62. The van der Waals surface area contributed by atoms with E-state index in [0.29, 0.717) is 6.54 Å². The fourth-order valence-corrected chi connectivity index (χ4v) is 6.47. The molecule has 3 heterocycles. The molecule has 6 aromatic carbocycles. The molecular weight excluding hydrogens is 528 g/mol. The number of para-hydroxylation sites is 2. The van der Waals surface area contributed by atoms with Gasteiger partial charge in [0.15, 0.2) is 5.76 Å². The molecule has 204 valence electrons. The van der Waals surface area contributed by atoms with Crippen LogP contribution in [0.25, 0.3) is 60.9 Å². The third kappa shape index (κ3) is 3.84. The third-order valence-electron chi connectivity index (χ3n) is 8.50. The van der Waals surface area contributed by atoms with Gasteiger partial charge in [-0.05, 0) is 64.4 Å². The van der Waals surface area contributed by atoms with Crippen molar-refractivity contribution in [1.29, 1.82) is 0 Å². The van der Waals surface area contributed by atoms with E-state index >= 15 is 0 Å². The van der Waals surface area contributed by atoms with Gasteiger partial charge in [0.2, 0.25) is 0 Å². The molecule has 1 N–H and O–H groups in total. The van der Waals surface area contributed by atoms with E-state index in [-0.39, 0.29) is 0 Å². The Labute approximate surface area is 248 Å². The minimum absolute atomic E-state index is 0.653. The molecule has 0 aliphatic carbocycles. The van der Waals surface area contributed by atoms with Crippen molar-refractivity contribution >= 4 is 66.8 Å². The van der Waals surface area contributed by atoms with Crippen LogP contribution in [0.15, 0.2) is 148 Å². The summed E-state index contributed by atoms with van der Waals surface area (Å²) >= 11 is 0. The first-order chi connectivity index (χ1) is 21.3. The molecule has 0 saturated carbocycles. The molecule has 8 aromatic rings. The Morgan fingerprint density at radius 2 is 1.21 bits per heavy atom. The maximum Gasteiger partial charge on any atom is 0.153 e. The largest absolute Gasteiger partial charge is 0.456 e. The van der Waals surface area contributed by atoms with Gasteiger partial charge in [0, 0.05) is 45.4 Å². The van der Waals surface area contributed by atoms with Gasteiger partial charge in [-0.3, -0.25) is 0 Å². The van der Waals surface area contributed by atoms with E-state index in [4.69, 9.17) is 8.83 Å². The first kappa shape index (κ1) is 23.9. The summed E-state index contributed by atoms with van der Waals surface area (Å²) in [5, 5.41) is 9.47. The standard InChI is InChI=1S/C39H26N2O2/c1-2-10-30-25(8-1)9-7-13-31(30)26-16-18-27(19-17-26)41(28-20-21-33-32-11-3-5-14-35(32)42-37(33)22-28)29-23-38-39(40-24-29)34-12-4-6-15-36(34)43-38/h1-23,40H,24H2. The summed E-state index contributed by atoms with van der Waals surface area (Å²) in [5.41, 5.74) is 9.26. The van der Waals surface area contributed by atoms with Gasteiger partial charge in [-0.2, -0.15) is 0 Å². The van der Waals surface area contributed by atoms with Gasteiger partial charge in [0.25, 0.3) is 0 Å². The molecule has 4 nitrogen and oxygen atoms in total. The molecule has 0 amide bonds. The molecule has 4 heteroatoms. The molecule has 1 aliphatic heterocycles. The average molecular weight is 555 g/mol. The van der Waals surface area contributed by atoms with Crippen LogP contribution in [-0.4, -0.2) is 6.54 Å². The van der Waals surface area contributed by atoms with Crippen molar-refractivity contribution in [2.24, 2.45) is 0 Å². The Hall–Kier alpha value is -5.74. The topological polar surface area (TPSA) is 41.6 Å². The molecule has 0 radical (unpaired) electrons. The van der Waals surface area contributed by atoms with E-state index in [9.17, 15) is 0 Å². The fourth-order valence-electron chi connectivity index (χ4n) is 6.47. The number of hydrogen-bond donors (Lipinski definition) is 1. The lowest BCUT2D eigenvalue weighted by molar-refractivity contribution is 0.603. The summed E-state index contributed by atoms with van der Waals surface area (Å²) in [6.07, 6.45) is 2.16. The van der Waals surface area contributed by atoms with E-state index in [2.05, 4.69) is 119 Å². The highest BCUT2D eigenvalue weighted by atomic mass is 16.3. The first-order valence-corrected chi connectivity index (χ1v) is 14.6. The summed E-state index contributed by atoms with van der Waals surface area (Å²) < 4.78 is 12.6. The van der Waals surface area contributed by atoms with Gasteiger partial charge in [0.05, 0.1) is 12.2 Å². The molecule has 0 fully saturated rings. The molecule has 0 atom stereocenters. The van der Waals surface area contributed by atoms with Crippen molar-refractivity contribution in [2.75, 3.05) is 16.8 Å². The lowest BCUT2D eigenvalue weighted by Crippen LogP contribution is -2.24. The van der Waals surface area contributed by atoms with E-state index in [1.807, 2.05) is 30.3 Å². The van der Waals surface area contributed by atoms with Gasteiger partial charge in [-0.25, -0.2) is 0 Å². The van der Waals surface area contributed by atoms with Crippen LogP contribution in [0.4, 0.5) is 17.1 Å². The van der Waals surface area contributed by atoms with Gasteiger partial charge >= 0.3 is 0 Å². The summed E-state index contributed by atoms with van der Waals surface area (Å²) in [6, 6.07) is 46.7. The minimum atomic E-state index is 0.653. The second-order valence-electron chi connectivity index (χ2n) is 11.0. The quantitative estimate of drug-likeness (QED) is 0.235. The van der Waals surface area contributed by atoms with Crippen LogP contribution < -0.4 is 10.2 Å². The van der Waals surface area contributed by atoms with Gasteiger partial charge in [-0.15, -0.1) is 0 Å². The smallest absolute Gasteiger partial charge is 0.153 e. The van der Waals surface area contributed by atoms with E-state index in [0.717, 1.165) is 61.4 Å². The maximum absolute atomic E-state index is 6.30. The van der Waals surface area contributed by atoms with Crippen molar-refractivity contribution in [3.8, 4) is 11.1 Å². The molecule has 0 saturated heterocycles. The second-order valence-corrected chi connectivity index (χ2v) is 11.0. The predicted molar refractivity (Wildman–Crippen MR) is 178 cm³/mol. The number of nitrogens with one attached hydrogen (secondary N) is 1. The second kappa shape index (κ2) is 9.40. The van der Waals surface area contributed by atoms with Crippen LogP contribution in [-0.2, 0) is 0 Å². The Morgan fingerprint density at radius 1 is 0.535 bits per heavy atom. The number of furan rings is 2. The monoisotopic (exact) mass is 554 g/mol. The first-order valence-electron chi connectivity index (χ1n) is 14.6. The minimum Gasteiger partial charge on any atom is -0.456 e. The van der Waals surface area contributed by atoms with Crippen molar-refractivity contribution in [2.45, 2.75) is 0 Å². The van der Waals surface area contributed by atoms with Crippen LogP contribution in [0.5, 0.6) is 0 Å². The highest BCUT2D eigenvalue weighted by Gasteiger charge is 2.23. The Bertz CT molecular complexity index is 2350. The van der Waals surface area contributed by atoms with Crippen molar-refractivity contribution in [3.63, 3.8) is 0 Å². The lowest BCUT2D eigenvalue weighted by Gasteiger charge is -2.30. The van der Waals surface area contributed by atoms with E-state index in [1.54, 1.807) is 0 Å². The number of anilines is 3. The van der Waals surface area contributed by atoms with Gasteiger partial charge < -0.3 is 19.1 Å². The highest BCUT2D eigenvalue weighted by Crippen LogP contribution is 2.41. The summed E-state index contributed by atoms with van der Waals surface area (Å²) in [7, 11) is 0. The molecule has 1 aliphatic rings. The highest BCUT2D eigenvalue weighted by molar-refractivity contribution is 6.06. The fraction of sp³-hybridized carbons (Fsp3) is 0.0256. The van der Waals surface area contributed by atoms with Crippen LogP contribution in [0.2, 0.25) is 0 Å². The van der Waals surface area contributed by atoms with Crippen molar-refractivity contribution < 1.29 is 8.83 Å². The van der Waals surface area contributed by atoms with Crippen molar-refractivity contribution in [3.05, 3.63) is 145 Å². The third-order valence-corrected chi connectivity index (χ3v) is 8.50. The Kier molecular flexibility index (Phi) is 5.23. The number of rotatable bonds is 4. The summed E-state index contributed by atoms with van der Waals surface area (Å²) in [6.45, 7) is 0.653. The van der Waals surface area contributed by atoms with Crippen LogP contribution >= 0.6 is 0 Å². The lowest BCUT2D eigenvalue weighted by atomic mass is 9.98. The number of nitrogens with zero attached hydrogens (tertiary/aromatic N) is 1. The number of hydrogen-bond acceptors (Lipinski definition) is 4. The molecule has 43 heavy (non-hydrogen) atoms. The summed E-state index contributed by atoms with van der Waals surface area (Å²) in [4.78, 5) is 2.29. The van der Waals surface area contributed by atoms with Crippen LogP contribution in [0.3, 0.4) is 0 Å². The molecule has 0 spiro atoms. The number of benzene rings is 6. The SMILES string of the molecule is C1=C(N(c2ccc(-c3cccc4ccccc34)cc2)c2ccc3c(c2)oc2ccccc23)CNc2c1oc1ccccc21. The van der Waals surface area contributed by atoms with Crippen LogP contribution in [0.1, 0.15) is 5.76 Å². The zero-order valence-electron chi connectivity index (χ0n) is 23.2. The molecule has 0 bridgehead atoms. The molecule has 9 rings (SSSR count). The van der Waals surface area contributed by atoms with E-state index in [1.165, 1.54) is 21.9 Å². The molecule has 2 aromatic heterocycles. The predicted octanol–water partition coefficient (Wildman–Crippen LogP) is 10.8. The normalized spacial score (nSPS) is 12.9. The van der Waals surface area contributed by atoms with Gasteiger partial charge in [0.1, 0.15) is 16.7 Å². The zero-order valence-corrected chi connectivity index (χ0v) is 23.2. The molecular formula is C39H26N2O2. The zero-order chi connectivity index (χ0) is 28.3. The number of fused-ring (bicyclic) bond motifs is 7. The Morgan fingerprint density at radius 3 is 2.07 bits per heavy atom.